The molecule has 26 heavy (non-hydrogen) atoms. The lowest BCUT2D eigenvalue weighted by Crippen LogP contribution is -2.30. The van der Waals surface area contributed by atoms with Gasteiger partial charge in [0, 0.05) is 23.5 Å². The third kappa shape index (κ3) is 4.32. The molecule has 0 aromatic heterocycles. The molecule has 0 spiro atoms. The van der Waals surface area contributed by atoms with Crippen molar-refractivity contribution in [1.82, 2.24) is 0 Å². The van der Waals surface area contributed by atoms with Crippen LogP contribution >= 0.6 is 0 Å². The van der Waals surface area contributed by atoms with Crippen molar-refractivity contribution in [3.05, 3.63) is 63.5 Å². The number of nitrogen functional groups attached to an aromatic ring is 1. The van der Waals surface area contributed by atoms with E-state index in [1.807, 2.05) is 0 Å². The van der Waals surface area contributed by atoms with Crippen LogP contribution < -0.4 is 11.1 Å². The number of non-ortho nitro benzene ring substituents is 1. The molecule has 0 saturated carbocycles. The second-order valence-corrected chi connectivity index (χ2v) is 5.53. The first kappa shape index (κ1) is 18.8. The highest BCUT2D eigenvalue weighted by atomic mass is 19.1. The van der Waals surface area contributed by atoms with E-state index >= 15 is 0 Å². The van der Waals surface area contributed by atoms with Crippen LogP contribution in [0, 0.1) is 22.9 Å². The van der Waals surface area contributed by atoms with Crippen molar-refractivity contribution < 1.29 is 23.6 Å². The van der Waals surface area contributed by atoms with Gasteiger partial charge in [0.05, 0.1) is 10.5 Å². The van der Waals surface area contributed by atoms with Crippen LogP contribution in [0.5, 0.6) is 0 Å². The molecule has 0 saturated heterocycles. The summed E-state index contributed by atoms with van der Waals surface area (Å²) in [6.45, 7) is 2.89. The second kappa shape index (κ2) is 7.60. The Morgan fingerprint density at radius 3 is 2.58 bits per heavy atom. The maximum absolute atomic E-state index is 13.5. The minimum absolute atomic E-state index is 0.0196. The van der Waals surface area contributed by atoms with Crippen molar-refractivity contribution in [3.63, 3.8) is 0 Å². The van der Waals surface area contributed by atoms with Crippen molar-refractivity contribution >= 4 is 28.9 Å². The predicted octanol–water partition coefficient (Wildman–Crippen LogP) is 2.81. The summed E-state index contributed by atoms with van der Waals surface area (Å²) in [4.78, 5) is 34.3. The summed E-state index contributed by atoms with van der Waals surface area (Å²) in [5, 5.41) is 13.2. The van der Waals surface area contributed by atoms with E-state index in [1.165, 1.54) is 25.1 Å². The standard InChI is InChI=1S/C17H16FN3O5/c1-9-3-4-11(7-14(9)18)20-16(22)10(2)26-17(23)13-8-12(21(24)25)5-6-15(13)19/h3-8,10H,19H2,1-2H3,(H,20,22)/t10-/m1/s1. The molecule has 0 unspecified atom stereocenters. The Hall–Kier alpha value is -3.49. The Morgan fingerprint density at radius 2 is 1.96 bits per heavy atom. The van der Waals surface area contributed by atoms with Gasteiger partial charge in [0.2, 0.25) is 0 Å². The van der Waals surface area contributed by atoms with E-state index in [-0.39, 0.29) is 22.6 Å². The van der Waals surface area contributed by atoms with Gasteiger partial charge in [0.15, 0.2) is 6.10 Å². The smallest absolute Gasteiger partial charge is 0.341 e. The molecular weight excluding hydrogens is 345 g/mol. The van der Waals surface area contributed by atoms with Gasteiger partial charge < -0.3 is 15.8 Å². The number of nitrogens with zero attached hydrogens (tertiary/aromatic N) is 1. The number of nitrogens with one attached hydrogen (secondary N) is 1. The molecule has 2 rings (SSSR count). The Morgan fingerprint density at radius 1 is 1.27 bits per heavy atom. The largest absolute Gasteiger partial charge is 0.449 e. The molecule has 0 radical (unpaired) electrons. The van der Waals surface area contributed by atoms with E-state index in [4.69, 9.17) is 10.5 Å². The van der Waals surface area contributed by atoms with E-state index in [0.717, 1.165) is 18.2 Å². The predicted molar refractivity (Wildman–Crippen MR) is 92.2 cm³/mol. The lowest BCUT2D eigenvalue weighted by Gasteiger charge is -2.14. The number of rotatable bonds is 5. The molecule has 2 aromatic carbocycles. The summed E-state index contributed by atoms with van der Waals surface area (Å²) in [7, 11) is 0. The van der Waals surface area contributed by atoms with Crippen molar-refractivity contribution in [3.8, 4) is 0 Å². The number of nitro benzene ring substituents is 1. The molecule has 9 heteroatoms. The number of hydrogen-bond acceptors (Lipinski definition) is 6. The molecule has 8 nitrogen and oxygen atoms in total. The number of hydrogen-bond donors (Lipinski definition) is 2. The average molecular weight is 361 g/mol. The molecule has 0 aliphatic heterocycles. The molecule has 1 atom stereocenters. The van der Waals surface area contributed by atoms with Gasteiger partial charge in [-0.3, -0.25) is 14.9 Å². The summed E-state index contributed by atoms with van der Waals surface area (Å²) in [6, 6.07) is 7.45. The van der Waals surface area contributed by atoms with E-state index in [2.05, 4.69) is 5.32 Å². The van der Waals surface area contributed by atoms with Crippen LogP contribution in [0.3, 0.4) is 0 Å². The molecule has 3 N–H and O–H groups in total. The quantitative estimate of drug-likeness (QED) is 0.365. The lowest BCUT2D eigenvalue weighted by molar-refractivity contribution is -0.384. The minimum atomic E-state index is -1.23. The summed E-state index contributed by atoms with van der Waals surface area (Å²) >= 11 is 0. The summed E-state index contributed by atoms with van der Waals surface area (Å²) in [6.07, 6.45) is -1.23. The van der Waals surface area contributed by atoms with Crippen LogP contribution in [0.15, 0.2) is 36.4 Å². The van der Waals surface area contributed by atoms with Gasteiger partial charge in [-0.25, -0.2) is 9.18 Å². The number of nitro groups is 1. The topological polar surface area (TPSA) is 125 Å². The number of ether oxygens (including phenoxy) is 1. The van der Waals surface area contributed by atoms with Gasteiger partial charge in [-0.05, 0) is 37.6 Å². The highest BCUT2D eigenvalue weighted by molar-refractivity contribution is 5.99. The molecule has 0 aliphatic rings. The minimum Gasteiger partial charge on any atom is -0.449 e. The third-order valence-electron chi connectivity index (χ3n) is 3.56. The van der Waals surface area contributed by atoms with E-state index < -0.39 is 28.7 Å². The number of esters is 1. The monoisotopic (exact) mass is 361 g/mol. The first-order valence-electron chi connectivity index (χ1n) is 7.51. The van der Waals surface area contributed by atoms with Crippen LogP contribution in [-0.4, -0.2) is 22.9 Å². The van der Waals surface area contributed by atoms with Crippen LogP contribution in [0.2, 0.25) is 0 Å². The van der Waals surface area contributed by atoms with Crippen molar-refractivity contribution in [2.24, 2.45) is 0 Å². The van der Waals surface area contributed by atoms with Crippen LogP contribution in [0.25, 0.3) is 0 Å². The molecule has 0 bridgehead atoms. The fraction of sp³-hybridized carbons (Fsp3) is 0.176. The fourth-order valence-electron chi connectivity index (χ4n) is 2.03. The summed E-state index contributed by atoms with van der Waals surface area (Å²) in [5.41, 5.74) is 5.68. The molecule has 0 aliphatic carbocycles. The first-order chi connectivity index (χ1) is 12.2. The fourth-order valence-corrected chi connectivity index (χ4v) is 2.03. The number of halogens is 1. The van der Waals surface area contributed by atoms with Gasteiger partial charge in [-0.2, -0.15) is 0 Å². The number of carbonyl (C=O) groups excluding carboxylic acids is 2. The lowest BCUT2D eigenvalue weighted by atomic mass is 10.1. The molecule has 136 valence electrons. The molecule has 0 heterocycles. The molecule has 2 aromatic rings. The molecule has 0 fully saturated rings. The zero-order chi connectivity index (χ0) is 19.4. The summed E-state index contributed by atoms with van der Waals surface area (Å²) < 4.78 is 18.5. The molecular formula is C17H16FN3O5. The van der Waals surface area contributed by atoms with Gasteiger partial charge in [-0.15, -0.1) is 0 Å². The van der Waals surface area contributed by atoms with E-state index in [0.29, 0.717) is 5.56 Å². The van der Waals surface area contributed by atoms with Crippen LogP contribution in [0.4, 0.5) is 21.5 Å². The average Bonchev–Trinajstić information content (AvgIpc) is 2.58. The third-order valence-corrected chi connectivity index (χ3v) is 3.56. The maximum Gasteiger partial charge on any atom is 0.341 e. The Bertz CT molecular complexity index is 885. The highest BCUT2D eigenvalue weighted by Crippen LogP contribution is 2.21. The SMILES string of the molecule is Cc1ccc(NC(=O)[C@@H](C)OC(=O)c2cc([N+](=O)[O-])ccc2N)cc1F. The van der Waals surface area contributed by atoms with Crippen molar-refractivity contribution in [2.75, 3.05) is 11.1 Å². The Labute approximate surface area is 147 Å². The number of anilines is 2. The van der Waals surface area contributed by atoms with Crippen molar-refractivity contribution in [1.29, 1.82) is 0 Å². The zero-order valence-corrected chi connectivity index (χ0v) is 14.0. The summed E-state index contributed by atoms with van der Waals surface area (Å²) in [5.74, 6) is -2.16. The van der Waals surface area contributed by atoms with Crippen LogP contribution in [0.1, 0.15) is 22.8 Å². The van der Waals surface area contributed by atoms with Crippen LogP contribution in [-0.2, 0) is 9.53 Å². The second-order valence-electron chi connectivity index (χ2n) is 5.53. The number of carbonyl (C=O) groups is 2. The van der Waals surface area contributed by atoms with Gasteiger partial charge in [0.25, 0.3) is 11.6 Å². The zero-order valence-electron chi connectivity index (χ0n) is 14.0. The van der Waals surface area contributed by atoms with E-state index in [1.54, 1.807) is 6.92 Å². The molecule has 1 amide bonds. The van der Waals surface area contributed by atoms with E-state index in [9.17, 15) is 24.1 Å². The number of benzene rings is 2. The number of aryl methyl sites for hydroxylation is 1. The van der Waals surface area contributed by atoms with Crippen molar-refractivity contribution in [2.45, 2.75) is 20.0 Å². The number of amides is 1. The van der Waals surface area contributed by atoms with Gasteiger partial charge in [-0.1, -0.05) is 6.07 Å². The Balaban J connectivity index is 2.08. The first-order valence-corrected chi connectivity index (χ1v) is 7.51. The Kier molecular flexibility index (Phi) is 5.51. The number of nitrogens with two attached hydrogens (primary N) is 1. The van der Waals surface area contributed by atoms with Gasteiger partial charge in [0.1, 0.15) is 5.82 Å². The highest BCUT2D eigenvalue weighted by Gasteiger charge is 2.22. The van der Waals surface area contributed by atoms with Gasteiger partial charge >= 0.3 is 5.97 Å². The maximum atomic E-state index is 13.5. The normalized spacial score (nSPS) is 11.5.